The molecule has 0 spiro atoms. The fraction of sp³-hybridized carbons (Fsp3) is 0.150. The van der Waals surface area contributed by atoms with Crippen LogP contribution in [-0.4, -0.2) is 23.9 Å². The van der Waals surface area contributed by atoms with Gasteiger partial charge in [-0.1, -0.05) is 6.07 Å². The Kier molecular flexibility index (Phi) is 4.84. The summed E-state index contributed by atoms with van der Waals surface area (Å²) in [6, 6.07) is 14.3. The molecule has 132 valence electrons. The first-order valence-electron chi connectivity index (χ1n) is 8.10. The van der Waals surface area contributed by atoms with Crippen molar-refractivity contribution >= 4 is 34.1 Å². The van der Waals surface area contributed by atoms with E-state index >= 15 is 0 Å². The van der Waals surface area contributed by atoms with E-state index in [1.54, 1.807) is 38.3 Å². The Balaban J connectivity index is 1.88. The fourth-order valence-electron chi connectivity index (χ4n) is 2.68. The number of carbonyl (C=O) groups is 2. The first-order chi connectivity index (χ1) is 12.5. The van der Waals surface area contributed by atoms with E-state index in [0.29, 0.717) is 22.6 Å². The normalized spacial score (nSPS) is 10.4. The number of pyridine rings is 1. The first kappa shape index (κ1) is 17.4. The number of nitrogens with zero attached hydrogens (tertiary/aromatic N) is 1. The molecule has 0 atom stereocenters. The van der Waals surface area contributed by atoms with Gasteiger partial charge in [0.1, 0.15) is 5.75 Å². The smallest absolute Gasteiger partial charge is 0.257 e. The van der Waals surface area contributed by atoms with Crippen LogP contribution in [0.4, 0.5) is 11.4 Å². The van der Waals surface area contributed by atoms with Gasteiger partial charge in [-0.15, -0.1) is 0 Å². The summed E-state index contributed by atoms with van der Waals surface area (Å²) < 4.78 is 5.21. The van der Waals surface area contributed by atoms with Gasteiger partial charge in [0.25, 0.3) is 5.91 Å². The third-order valence-corrected chi connectivity index (χ3v) is 3.90. The molecule has 0 bridgehead atoms. The molecule has 2 amide bonds. The summed E-state index contributed by atoms with van der Waals surface area (Å²) in [5.41, 5.74) is 3.10. The molecule has 0 unspecified atom stereocenters. The molecule has 0 aliphatic carbocycles. The van der Waals surface area contributed by atoms with E-state index in [1.165, 1.54) is 6.92 Å². The third kappa shape index (κ3) is 3.80. The van der Waals surface area contributed by atoms with Crippen LogP contribution in [0.2, 0.25) is 0 Å². The van der Waals surface area contributed by atoms with Gasteiger partial charge in [0.2, 0.25) is 5.91 Å². The summed E-state index contributed by atoms with van der Waals surface area (Å²) in [5.74, 6) is 0.294. The van der Waals surface area contributed by atoms with Crippen molar-refractivity contribution in [1.29, 1.82) is 0 Å². The first-order valence-corrected chi connectivity index (χ1v) is 8.10. The van der Waals surface area contributed by atoms with E-state index in [0.717, 1.165) is 16.7 Å². The van der Waals surface area contributed by atoms with E-state index in [-0.39, 0.29) is 11.8 Å². The second-order valence-electron chi connectivity index (χ2n) is 5.90. The second kappa shape index (κ2) is 7.23. The van der Waals surface area contributed by atoms with Crippen LogP contribution in [0, 0.1) is 6.92 Å². The van der Waals surface area contributed by atoms with Crippen LogP contribution >= 0.6 is 0 Å². The Morgan fingerprint density at radius 1 is 1.00 bits per heavy atom. The number of methoxy groups -OCH3 is 1. The van der Waals surface area contributed by atoms with Crippen molar-refractivity contribution in [2.24, 2.45) is 0 Å². The summed E-state index contributed by atoms with van der Waals surface area (Å²) in [5, 5.41) is 6.39. The number of fused-ring (bicyclic) bond motifs is 1. The maximum absolute atomic E-state index is 12.7. The lowest BCUT2D eigenvalue weighted by molar-refractivity contribution is -0.114. The number of aromatic nitrogens is 1. The predicted octanol–water partition coefficient (Wildman–Crippen LogP) is 3.76. The Morgan fingerprint density at radius 2 is 1.73 bits per heavy atom. The monoisotopic (exact) mass is 349 g/mol. The Hall–Kier alpha value is -3.41. The van der Waals surface area contributed by atoms with E-state index in [4.69, 9.17) is 4.74 Å². The number of benzene rings is 2. The molecule has 3 rings (SSSR count). The Bertz CT molecular complexity index is 999. The van der Waals surface area contributed by atoms with Crippen molar-refractivity contribution in [3.8, 4) is 5.75 Å². The Morgan fingerprint density at radius 3 is 2.42 bits per heavy atom. The minimum absolute atomic E-state index is 0.168. The van der Waals surface area contributed by atoms with Crippen molar-refractivity contribution in [2.45, 2.75) is 13.8 Å². The number of hydrogen-bond donors (Lipinski definition) is 2. The van der Waals surface area contributed by atoms with Crippen molar-refractivity contribution in [2.75, 3.05) is 17.7 Å². The summed E-state index contributed by atoms with van der Waals surface area (Å²) in [7, 11) is 1.60. The summed E-state index contributed by atoms with van der Waals surface area (Å²) >= 11 is 0. The average Bonchev–Trinajstić information content (AvgIpc) is 2.60. The van der Waals surface area contributed by atoms with Crippen LogP contribution in [0.15, 0.2) is 48.5 Å². The lowest BCUT2D eigenvalue weighted by Crippen LogP contribution is -2.14. The molecule has 0 saturated carbocycles. The highest BCUT2D eigenvalue weighted by molar-refractivity contribution is 6.07. The molecule has 3 aromatic rings. The molecule has 0 saturated heterocycles. The van der Waals surface area contributed by atoms with Crippen LogP contribution in [-0.2, 0) is 4.79 Å². The second-order valence-corrected chi connectivity index (χ2v) is 5.90. The molecule has 0 aliphatic heterocycles. The van der Waals surface area contributed by atoms with Crippen LogP contribution < -0.4 is 15.4 Å². The summed E-state index contributed by atoms with van der Waals surface area (Å²) in [6.07, 6.45) is 0. The van der Waals surface area contributed by atoms with Crippen LogP contribution in [0.25, 0.3) is 10.9 Å². The van der Waals surface area contributed by atoms with Gasteiger partial charge in [-0.25, -0.2) is 0 Å². The molecule has 2 aromatic carbocycles. The highest BCUT2D eigenvalue weighted by Gasteiger charge is 2.13. The molecule has 1 aromatic heterocycles. The number of amides is 2. The van der Waals surface area contributed by atoms with Crippen LogP contribution in [0.1, 0.15) is 23.0 Å². The van der Waals surface area contributed by atoms with E-state index < -0.39 is 0 Å². The minimum Gasteiger partial charge on any atom is -0.497 e. The molecule has 0 radical (unpaired) electrons. The van der Waals surface area contributed by atoms with Gasteiger partial charge in [0, 0.05) is 29.8 Å². The lowest BCUT2D eigenvalue weighted by Gasteiger charge is -2.11. The van der Waals surface area contributed by atoms with Gasteiger partial charge in [-0.05, 0) is 43.3 Å². The number of ether oxygens (including phenoxy) is 1. The predicted molar refractivity (Wildman–Crippen MR) is 102 cm³/mol. The number of carbonyl (C=O) groups excluding carboxylic acids is 2. The quantitative estimate of drug-likeness (QED) is 0.751. The van der Waals surface area contributed by atoms with E-state index in [2.05, 4.69) is 15.6 Å². The average molecular weight is 349 g/mol. The molecule has 0 aliphatic rings. The molecular formula is C20H19N3O3. The maximum atomic E-state index is 12.7. The highest BCUT2D eigenvalue weighted by Crippen LogP contribution is 2.23. The van der Waals surface area contributed by atoms with Gasteiger partial charge in [0.15, 0.2) is 0 Å². The van der Waals surface area contributed by atoms with E-state index in [9.17, 15) is 9.59 Å². The zero-order chi connectivity index (χ0) is 18.7. The molecule has 0 fully saturated rings. The lowest BCUT2D eigenvalue weighted by atomic mass is 10.1. The number of hydrogen-bond acceptors (Lipinski definition) is 4. The third-order valence-electron chi connectivity index (χ3n) is 3.90. The van der Waals surface area contributed by atoms with Crippen molar-refractivity contribution < 1.29 is 14.3 Å². The molecule has 6 heteroatoms. The molecule has 26 heavy (non-hydrogen) atoms. The summed E-state index contributed by atoms with van der Waals surface area (Å²) in [6.45, 7) is 3.23. The number of rotatable bonds is 4. The molecule has 2 N–H and O–H groups in total. The molecule has 6 nitrogen and oxygen atoms in total. The fourth-order valence-corrected chi connectivity index (χ4v) is 2.68. The number of nitrogens with one attached hydrogen (secondary N) is 2. The number of anilines is 2. The van der Waals surface area contributed by atoms with Gasteiger partial charge >= 0.3 is 0 Å². The van der Waals surface area contributed by atoms with Crippen molar-refractivity contribution in [3.63, 3.8) is 0 Å². The van der Waals surface area contributed by atoms with Crippen molar-refractivity contribution in [3.05, 3.63) is 59.8 Å². The van der Waals surface area contributed by atoms with Crippen LogP contribution in [0.3, 0.4) is 0 Å². The van der Waals surface area contributed by atoms with Gasteiger partial charge < -0.3 is 15.4 Å². The molecule has 1 heterocycles. The van der Waals surface area contributed by atoms with Gasteiger partial charge in [-0.2, -0.15) is 0 Å². The Labute approximate surface area is 151 Å². The standard InChI is InChI=1S/C20H19N3O3/c1-12-18(9-14-7-8-17(26-3)11-19(14)21-12)20(25)23-16-6-4-5-15(10-16)22-13(2)24/h4-11H,1-3H3,(H,22,24)(H,23,25). The number of aryl methyl sites for hydroxylation is 1. The van der Waals surface area contributed by atoms with Crippen LogP contribution in [0.5, 0.6) is 5.75 Å². The van der Waals surface area contributed by atoms with Gasteiger partial charge in [-0.3, -0.25) is 14.6 Å². The van der Waals surface area contributed by atoms with Gasteiger partial charge in [0.05, 0.1) is 23.9 Å². The zero-order valence-electron chi connectivity index (χ0n) is 14.8. The van der Waals surface area contributed by atoms with E-state index in [1.807, 2.05) is 24.3 Å². The largest absolute Gasteiger partial charge is 0.497 e. The highest BCUT2D eigenvalue weighted by atomic mass is 16.5. The topological polar surface area (TPSA) is 80.3 Å². The SMILES string of the molecule is COc1ccc2cc(C(=O)Nc3cccc(NC(C)=O)c3)c(C)nc2c1. The van der Waals surface area contributed by atoms with Crippen molar-refractivity contribution in [1.82, 2.24) is 4.98 Å². The zero-order valence-corrected chi connectivity index (χ0v) is 14.8. The minimum atomic E-state index is -0.257. The maximum Gasteiger partial charge on any atom is 0.257 e. The molecular weight excluding hydrogens is 330 g/mol. The summed E-state index contributed by atoms with van der Waals surface area (Å²) in [4.78, 5) is 28.3.